The average molecular weight is 457 g/mol. The molecular weight excluding hydrogens is 420 g/mol. The predicted molar refractivity (Wildman–Crippen MR) is 139 cm³/mol. The van der Waals surface area contributed by atoms with E-state index in [1.165, 1.54) is 0 Å². The SMILES string of the molecule is Cc1cc(C)cc(CC(=O)N(Cc2cccc(C)c2)[C@@H](Cc2ccccc2)C(=O)NC(C)C)c1. The Morgan fingerprint density at radius 2 is 1.38 bits per heavy atom. The minimum Gasteiger partial charge on any atom is -0.352 e. The van der Waals surface area contributed by atoms with Crippen LogP contribution >= 0.6 is 0 Å². The molecule has 0 aliphatic carbocycles. The molecule has 0 saturated heterocycles. The summed E-state index contributed by atoms with van der Waals surface area (Å²) in [5, 5.41) is 3.04. The Kier molecular flexibility index (Phi) is 8.64. The van der Waals surface area contributed by atoms with Gasteiger partial charge in [-0.25, -0.2) is 0 Å². The minimum absolute atomic E-state index is 0.0129. The van der Waals surface area contributed by atoms with Gasteiger partial charge >= 0.3 is 0 Å². The molecule has 0 aliphatic rings. The number of benzene rings is 3. The minimum atomic E-state index is -0.608. The Morgan fingerprint density at radius 3 is 2.00 bits per heavy atom. The van der Waals surface area contributed by atoms with Crippen LogP contribution in [0.4, 0.5) is 0 Å². The van der Waals surface area contributed by atoms with Gasteiger partial charge in [0.1, 0.15) is 6.04 Å². The summed E-state index contributed by atoms with van der Waals surface area (Å²) in [5.74, 6) is -0.174. The Bertz CT molecular complexity index is 1100. The lowest BCUT2D eigenvalue weighted by Gasteiger charge is -2.32. The fourth-order valence-corrected chi connectivity index (χ4v) is 4.39. The van der Waals surface area contributed by atoms with Gasteiger partial charge in [-0.3, -0.25) is 9.59 Å². The Labute approximate surface area is 204 Å². The molecule has 0 bridgehead atoms. The summed E-state index contributed by atoms with van der Waals surface area (Å²) in [6, 6.07) is 23.6. The first-order valence-electron chi connectivity index (χ1n) is 12.0. The topological polar surface area (TPSA) is 49.4 Å². The van der Waals surface area contributed by atoms with Gasteiger partial charge in [-0.2, -0.15) is 0 Å². The molecule has 0 aliphatic heterocycles. The van der Waals surface area contributed by atoms with Crippen LogP contribution in [0, 0.1) is 20.8 Å². The number of aryl methyl sites for hydroxylation is 3. The van der Waals surface area contributed by atoms with Crippen molar-refractivity contribution in [2.75, 3.05) is 0 Å². The van der Waals surface area contributed by atoms with Crippen LogP contribution in [-0.4, -0.2) is 28.8 Å². The van der Waals surface area contributed by atoms with Crippen molar-refractivity contribution >= 4 is 11.8 Å². The van der Waals surface area contributed by atoms with E-state index in [0.29, 0.717) is 13.0 Å². The molecule has 34 heavy (non-hydrogen) atoms. The highest BCUT2D eigenvalue weighted by Crippen LogP contribution is 2.18. The van der Waals surface area contributed by atoms with Crippen molar-refractivity contribution in [1.82, 2.24) is 10.2 Å². The van der Waals surface area contributed by atoms with E-state index >= 15 is 0 Å². The molecule has 4 nitrogen and oxygen atoms in total. The Morgan fingerprint density at radius 1 is 0.765 bits per heavy atom. The van der Waals surface area contributed by atoms with E-state index in [1.54, 1.807) is 4.90 Å². The molecule has 3 rings (SSSR count). The number of nitrogens with one attached hydrogen (secondary N) is 1. The number of hydrogen-bond acceptors (Lipinski definition) is 2. The summed E-state index contributed by atoms with van der Waals surface area (Å²) in [6.45, 7) is 10.4. The first-order valence-corrected chi connectivity index (χ1v) is 12.0. The summed E-state index contributed by atoms with van der Waals surface area (Å²) < 4.78 is 0. The molecule has 2 amide bonds. The van der Waals surface area contributed by atoms with E-state index in [1.807, 2.05) is 83.1 Å². The molecule has 0 radical (unpaired) electrons. The highest BCUT2D eigenvalue weighted by molar-refractivity contribution is 5.89. The highest BCUT2D eigenvalue weighted by atomic mass is 16.2. The third-order valence-electron chi connectivity index (χ3n) is 5.77. The van der Waals surface area contributed by atoms with Crippen molar-refractivity contribution in [2.45, 2.75) is 66.1 Å². The fraction of sp³-hybridized carbons (Fsp3) is 0.333. The lowest BCUT2D eigenvalue weighted by Crippen LogP contribution is -2.52. The fourth-order valence-electron chi connectivity index (χ4n) is 4.39. The molecule has 1 atom stereocenters. The van der Waals surface area contributed by atoms with Crippen molar-refractivity contribution in [3.8, 4) is 0 Å². The molecule has 4 heteroatoms. The monoisotopic (exact) mass is 456 g/mol. The van der Waals surface area contributed by atoms with Gasteiger partial charge in [0.15, 0.2) is 0 Å². The summed E-state index contributed by atoms with van der Waals surface area (Å²) in [5.41, 5.74) is 6.41. The molecule has 3 aromatic rings. The van der Waals surface area contributed by atoms with Crippen molar-refractivity contribution in [3.05, 3.63) is 106 Å². The average Bonchev–Trinajstić information content (AvgIpc) is 2.75. The van der Waals surface area contributed by atoms with Gasteiger partial charge in [-0.15, -0.1) is 0 Å². The first kappa shape index (κ1) is 25.2. The van der Waals surface area contributed by atoms with Crippen LogP contribution in [-0.2, 0) is 29.0 Å². The quantitative estimate of drug-likeness (QED) is 0.474. The number of carbonyl (C=O) groups excluding carboxylic acids is 2. The summed E-state index contributed by atoms with van der Waals surface area (Å²) >= 11 is 0. The van der Waals surface area contributed by atoms with Crippen LogP contribution in [0.3, 0.4) is 0 Å². The Hall–Kier alpha value is -3.40. The van der Waals surface area contributed by atoms with Gasteiger partial charge in [-0.05, 0) is 51.3 Å². The number of hydrogen-bond donors (Lipinski definition) is 1. The maximum atomic E-state index is 13.8. The molecule has 0 fully saturated rings. The van der Waals surface area contributed by atoms with Gasteiger partial charge in [0.25, 0.3) is 0 Å². The van der Waals surface area contributed by atoms with E-state index in [4.69, 9.17) is 0 Å². The second kappa shape index (κ2) is 11.6. The predicted octanol–water partition coefficient (Wildman–Crippen LogP) is 5.32. The van der Waals surface area contributed by atoms with Crippen LogP contribution < -0.4 is 5.32 Å². The lowest BCUT2D eigenvalue weighted by atomic mass is 10.00. The second-order valence-electron chi connectivity index (χ2n) is 9.55. The van der Waals surface area contributed by atoms with Crippen LogP contribution in [0.25, 0.3) is 0 Å². The second-order valence-corrected chi connectivity index (χ2v) is 9.55. The van der Waals surface area contributed by atoms with Crippen LogP contribution in [0.15, 0.2) is 72.8 Å². The third-order valence-corrected chi connectivity index (χ3v) is 5.77. The van der Waals surface area contributed by atoms with E-state index in [9.17, 15) is 9.59 Å². The van der Waals surface area contributed by atoms with Crippen LogP contribution in [0.5, 0.6) is 0 Å². The number of carbonyl (C=O) groups is 2. The normalized spacial score (nSPS) is 11.8. The maximum absolute atomic E-state index is 13.8. The maximum Gasteiger partial charge on any atom is 0.243 e. The van der Waals surface area contributed by atoms with Gasteiger partial charge in [0, 0.05) is 19.0 Å². The van der Waals surface area contributed by atoms with Crippen molar-refractivity contribution in [2.24, 2.45) is 0 Å². The zero-order valence-corrected chi connectivity index (χ0v) is 21.0. The molecule has 0 unspecified atom stereocenters. The number of rotatable bonds is 9. The molecule has 0 heterocycles. The van der Waals surface area contributed by atoms with Crippen molar-refractivity contribution < 1.29 is 9.59 Å². The lowest BCUT2D eigenvalue weighted by molar-refractivity contribution is -0.141. The van der Waals surface area contributed by atoms with E-state index < -0.39 is 6.04 Å². The highest BCUT2D eigenvalue weighted by Gasteiger charge is 2.30. The van der Waals surface area contributed by atoms with Gasteiger partial charge in [-0.1, -0.05) is 89.5 Å². The number of nitrogens with zero attached hydrogens (tertiary/aromatic N) is 1. The Balaban J connectivity index is 1.99. The zero-order valence-electron chi connectivity index (χ0n) is 21.0. The molecule has 0 spiro atoms. The number of amides is 2. The zero-order chi connectivity index (χ0) is 24.7. The smallest absolute Gasteiger partial charge is 0.243 e. The summed E-state index contributed by atoms with van der Waals surface area (Å²) in [6.07, 6.45) is 0.721. The van der Waals surface area contributed by atoms with Crippen LogP contribution in [0.1, 0.15) is 47.2 Å². The molecule has 0 aromatic heterocycles. The van der Waals surface area contributed by atoms with Gasteiger partial charge in [0.05, 0.1) is 6.42 Å². The summed E-state index contributed by atoms with van der Waals surface area (Å²) in [7, 11) is 0. The van der Waals surface area contributed by atoms with E-state index in [2.05, 4.69) is 29.6 Å². The van der Waals surface area contributed by atoms with Crippen molar-refractivity contribution in [1.29, 1.82) is 0 Å². The molecule has 3 aromatic carbocycles. The molecule has 178 valence electrons. The molecule has 0 saturated carbocycles. The van der Waals surface area contributed by atoms with E-state index in [0.717, 1.165) is 33.4 Å². The molecular formula is C30H36N2O2. The van der Waals surface area contributed by atoms with Gasteiger partial charge < -0.3 is 10.2 Å². The standard InChI is InChI=1S/C30H36N2O2/c1-21(2)31-30(34)28(18-25-11-7-6-8-12-25)32(20-26-13-9-10-22(3)15-26)29(33)19-27-16-23(4)14-24(5)17-27/h6-17,21,28H,18-20H2,1-5H3,(H,31,34)/t28-/m0/s1. The first-order chi connectivity index (χ1) is 16.2. The van der Waals surface area contributed by atoms with Gasteiger partial charge in [0.2, 0.25) is 11.8 Å². The third kappa shape index (κ3) is 7.31. The summed E-state index contributed by atoms with van der Waals surface area (Å²) in [4.78, 5) is 29.0. The van der Waals surface area contributed by atoms with Crippen LogP contribution in [0.2, 0.25) is 0 Å². The van der Waals surface area contributed by atoms with Crippen molar-refractivity contribution in [3.63, 3.8) is 0 Å². The largest absolute Gasteiger partial charge is 0.352 e. The van der Waals surface area contributed by atoms with E-state index in [-0.39, 0.29) is 24.3 Å². The molecule has 1 N–H and O–H groups in total.